The number of amides is 1. The van der Waals surface area contributed by atoms with E-state index in [1.807, 2.05) is 24.0 Å². The molecule has 6 nitrogen and oxygen atoms in total. The van der Waals surface area contributed by atoms with Crippen LogP contribution in [0.4, 0.5) is 0 Å². The van der Waals surface area contributed by atoms with Crippen LogP contribution in [0.5, 0.6) is 0 Å². The van der Waals surface area contributed by atoms with Crippen molar-refractivity contribution in [3.63, 3.8) is 0 Å². The molecule has 190 valence electrons. The Morgan fingerprint density at radius 1 is 0.833 bits per heavy atom. The molecule has 0 atom stereocenters. The van der Waals surface area contributed by atoms with Crippen LogP contribution in [0.1, 0.15) is 42.5 Å². The number of benzene rings is 3. The van der Waals surface area contributed by atoms with E-state index in [1.54, 1.807) is 24.3 Å². The fourth-order valence-electron chi connectivity index (χ4n) is 4.68. The van der Waals surface area contributed by atoms with E-state index in [4.69, 9.17) is 0 Å². The lowest BCUT2D eigenvalue weighted by atomic mass is 9.96. The van der Waals surface area contributed by atoms with Crippen LogP contribution in [0.15, 0.2) is 89.8 Å². The summed E-state index contributed by atoms with van der Waals surface area (Å²) >= 11 is 0. The summed E-state index contributed by atoms with van der Waals surface area (Å²) in [6.07, 6.45) is 1.76. The van der Waals surface area contributed by atoms with Gasteiger partial charge >= 0.3 is 0 Å². The lowest BCUT2D eigenvalue weighted by Gasteiger charge is -2.40. The molecule has 7 heteroatoms. The Morgan fingerprint density at radius 2 is 1.39 bits per heavy atom. The molecule has 0 radical (unpaired) electrons. The molecular formula is C29H35N3O3S. The minimum Gasteiger partial charge on any atom is -0.340 e. The Morgan fingerprint density at radius 3 is 1.92 bits per heavy atom. The normalized spacial score (nSPS) is 14.8. The number of hydrogen-bond acceptors (Lipinski definition) is 4. The van der Waals surface area contributed by atoms with E-state index >= 15 is 0 Å². The number of sulfonamides is 1. The molecule has 3 aromatic rings. The Hall–Kier alpha value is -3.00. The number of carbonyl (C=O) groups excluding carboxylic acids is 1. The molecule has 0 unspecified atom stereocenters. The smallest absolute Gasteiger partial charge is 0.240 e. The molecule has 1 heterocycles. The predicted molar refractivity (Wildman–Crippen MR) is 143 cm³/mol. The topological polar surface area (TPSA) is 69.7 Å². The highest BCUT2D eigenvalue weighted by Crippen LogP contribution is 2.29. The molecule has 1 amide bonds. The van der Waals surface area contributed by atoms with Gasteiger partial charge in [-0.1, -0.05) is 79.7 Å². The van der Waals surface area contributed by atoms with E-state index in [2.05, 4.69) is 58.2 Å². The Kier molecular flexibility index (Phi) is 8.91. The van der Waals surface area contributed by atoms with Gasteiger partial charge in [0.1, 0.15) is 0 Å². The van der Waals surface area contributed by atoms with E-state index in [0.29, 0.717) is 32.5 Å². The number of nitrogens with zero attached hydrogens (tertiary/aromatic N) is 2. The molecule has 1 N–H and O–H groups in total. The Labute approximate surface area is 215 Å². The lowest BCUT2D eigenvalue weighted by molar-refractivity contribution is -0.133. The number of nitrogens with one attached hydrogen (secondary N) is 1. The molecule has 0 spiro atoms. The van der Waals surface area contributed by atoms with Crippen LogP contribution in [0.25, 0.3) is 0 Å². The van der Waals surface area contributed by atoms with Crippen LogP contribution >= 0.6 is 0 Å². The highest BCUT2D eigenvalue weighted by Gasteiger charge is 2.28. The molecule has 0 aliphatic carbocycles. The summed E-state index contributed by atoms with van der Waals surface area (Å²) in [5.74, 6) is 0.145. The summed E-state index contributed by atoms with van der Waals surface area (Å²) in [4.78, 5) is 17.6. The lowest BCUT2D eigenvalue weighted by Crippen LogP contribution is -2.49. The van der Waals surface area contributed by atoms with Crippen LogP contribution in [0.2, 0.25) is 0 Å². The van der Waals surface area contributed by atoms with Crippen molar-refractivity contribution in [2.24, 2.45) is 0 Å². The predicted octanol–water partition coefficient (Wildman–Crippen LogP) is 4.24. The number of carbonyl (C=O) groups is 1. The summed E-state index contributed by atoms with van der Waals surface area (Å²) < 4.78 is 27.1. The maximum absolute atomic E-state index is 12.9. The second-order valence-electron chi connectivity index (χ2n) is 9.18. The first kappa shape index (κ1) is 26.1. The van der Waals surface area contributed by atoms with Crippen LogP contribution in [0, 0.1) is 0 Å². The van der Waals surface area contributed by atoms with Crippen LogP contribution in [-0.2, 0) is 21.2 Å². The number of aryl methyl sites for hydroxylation is 1. The monoisotopic (exact) mass is 505 g/mol. The fraction of sp³-hybridized carbons (Fsp3) is 0.345. The quantitative estimate of drug-likeness (QED) is 0.448. The van der Waals surface area contributed by atoms with Crippen molar-refractivity contribution in [1.82, 2.24) is 14.5 Å². The minimum absolute atomic E-state index is 0.145. The third kappa shape index (κ3) is 6.60. The molecule has 3 aromatic carbocycles. The summed E-state index contributed by atoms with van der Waals surface area (Å²) in [7, 11) is -3.47. The number of piperazine rings is 1. The summed E-state index contributed by atoms with van der Waals surface area (Å²) in [6, 6.07) is 28.1. The first-order chi connectivity index (χ1) is 17.5. The van der Waals surface area contributed by atoms with Gasteiger partial charge in [-0.25, -0.2) is 13.1 Å². The van der Waals surface area contributed by atoms with Gasteiger partial charge in [0.25, 0.3) is 0 Å². The zero-order valence-electron chi connectivity index (χ0n) is 20.8. The third-order valence-corrected chi connectivity index (χ3v) is 8.14. The fourth-order valence-corrected chi connectivity index (χ4v) is 5.81. The molecular weight excluding hydrogens is 470 g/mol. The zero-order valence-corrected chi connectivity index (χ0v) is 21.7. The summed E-state index contributed by atoms with van der Waals surface area (Å²) in [5, 5.41) is 0. The zero-order chi connectivity index (χ0) is 25.4. The highest BCUT2D eigenvalue weighted by atomic mass is 32.2. The van der Waals surface area contributed by atoms with Gasteiger partial charge in [0, 0.05) is 39.1 Å². The van der Waals surface area contributed by atoms with Crippen LogP contribution < -0.4 is 4.72 Å². The maximum Gasteiger partial charge on any atom is 0.240 e. The molecule has 1 saturated heterocycles. The average Bonchev–Trinajstić information content (AvgIpc) is 2.92. The summed E-state index contributed by atoms with van der Waals surface area (Å²) in [6.45, 7) is 5.39. The van der Waals surface area contributed by atoms with Crippen molar-refractivity contribution in [2.45, 2.75) is 37.1 Å². The maximum atomic E-state index is 12.9. The van der Waals surface area contributed by atoms with Crippen molar-refractivity contribution < 1.29 is 13.2 Å². The molecule has 0 bridgehead atoms. The first-order valence-corrected chi connectivity index (χ1v) is 14.2. The van der Waals surface area contributed by atoms with E-state index in [-0.39, 0.29) is 16.8 Å². The van der Waals surface area contributed by atoms with Gasteiger partial charge in [-0.3, -0.25) is 9.69 Å². The van der Waals surface area contributed by atoms with Gasteiger partial charge in [0.2, 0.25) is 15.9 Å². The van der Waals surface area contributed by atoms with E-state index in [1.165, 1.54) is 11.1 Å². The highest BCUT2D eigenvalue weighted by molar-refractivity contribution is 7.89. The molecule has 1 aliphatic rings. The van der Waals surface area contributed by atoms with E-state index in [9.17, 15) is 13.2 Å². The molecule has 36 heavy (non-hydrogen) atoms. The van der Waals surface area contributed by atoms with Gasteiger partial charge in [0.05, 0.1) is 10.9 Å². The third-order valence-electron chi connectivity index (χ3n) is 6.67. The summed E-state index contributed by atoms with van der Waals surface area (Å²) in [5.41, 5.74) is 3.49. The van der Waals surface area contributed by atoms with Crippen molar-refractivity contribution in [2.75, 3.05) is 32.7 Å². The Bertz CT molecular complexity index is 1170. The minimum atomic E-state index is -3.47. The van der Waals surface area contributed by atoms with Gasteiger partial charge in [-0.15, -0.1) is 0 Å². The first-order valence-electron chi connectivity index (χ1n) is 12.7. The molecule has 0 aromatic heterocycles. The van der Waals surface area contributed by atoms with Gasteiger partial charge in [-0.05, 0) is 41.7 Å². The van der Waals surface area contributed by atoms with E-state index < -0.39 is 10.0 Å². The standard InChI is InChI=1S/C29H35N3O3S/c1-2-19-30-36(34,35)27-16-13-24(14-17-27)15-18-28(33)31-20-22-32(23-21-31)29(25-9-5-3-6-10-25)26-11-7-4-8-12-26/h3-14,16-17,29-30H,2,15,18-23H2,1H3. The largest absolute Gasteiger partial charge is 0.340 e. The van der Waals surface area contributed by atoms with Crippen molar-refractivity contribution >= 4 is 15.9 Å². The molecule has 1 aliphatic heterocycles. The number of rotatable bonds is 10. The van der Waals surface area contributed by atoms with Gasteiger partial charge < -0.3 is 4.90 Å². The average molecular weight is 506 g/mol. The van der Waals surface area contributed by atoms with Gasteiger partial charge in [-0.2, -0.15) is 0 Å². The van der Waals surface area contributed by atoms with Crippen molar-refractivity contribution in [1.29, 1.82) is 0 Å². The van der Waals surface area contributed by atoms with Gasteiger partial charge in [0.15, 0.2) is 0 Å². The number of hydrogen-bond donors (Lipinski definition) is 1. The van der Waals surface area contributed by atoms with Crippen LogP contribution in [-0.4, -0.2) is 56.8 Å². The molecule has 1 fully saturated rings. The SMILES string of the molecule is CCCNS(=O)(=O)c1ccc(CCC(=O)N2CCN(C(c3ccccc3)c3ccccc3)CC2)cc1. The Balaban J connectivity index is 1.32. The second kappa shape index (κ2) is 12.3. The van der Waals surface area contributed by atoms with Crippen molar-refractivity contribution in [3.8, 4) is 0 Å². The molecule has 4 rings (SSSR count). The molecule has 0 saturated carbocycles. The van der Waals surface area contributed by atoms with Crippen molar-refractivity contribution in [3.05, 3.63) is 102 Å². The van der Waals surface area contributed by atoms with Crippen LogP contribution in [0.3, 0.4) is 0 Å². The second-order valence-corrected chi connectivity index (χ2v) is 10.9. The van der Waals surface area contributed by atoms with E-state index in [0.717, 1.165) is 25.1 Å².